The maximum absolute atomic E-state index is 13.5. The van der Waals surface area contributed by atoms with Crippen molar-refractivity contribution >= 4 is 52.1 Å². The highest BCUT2D eigenvalue weighted by Crippen LogP contribution is 2.36. The molecule has 0 spiro atoms. The predicted octanol–water partition coefficient (Wildman–Crippen LogP) is 4.61. The van der Waals surface area contributed by atoms with Gasteiger partial charge >= 0.3 is 5.97 Å². The molecule has 2 aromatic rings. The number of thioether (sulfide) groups is 1. The fourth-order valence-electron chi connectivity index (χ4n) is 5.42. The maximum atomic E-state index is 13.5. The Labute approximate surface area is 256 Å². The van der Waals surface area contributed by atoms with Crippen LogP contribution in [0.5, 0.6) is 0 Å². The van der Waals surface area contributed by atoms with Gasteiger partial charge in [0.2, 0.25) is 0 Å². The monoisotopic (exact) mass is 607 g/mol. The van der Waals surface area contributed by atoms with E-state index in [1.165, 1.54) is 17.3 Å². The van der Waals surface area contributed by atoms with Crippen molar-refractivity contribution < 1.29 is 14.7 Å². The van der Waals surface area contributed by atoms with E-state index in [0.717, 1.165) is 31.9 Å². The number of carbonyl (C=O) groups is 2. The molecule has 2 aliphatic heterocycles. The predicted molar refractivity (Wildman–Crippen MR) is 170 cm³/mol. The number of anilines is 1. The van der Waals surface area contributed by atoms with E-state index in [1.54, 1.807) is 22.5 Å². The van der Waals surface area contributed by atoms with Crippen molar-refractivity contribution in [1.82, 2.24) is 14.4 Å². The van der Waals surface area contributed by atoms with Gasteiger partial charge in [-0.1, -0.05) is 67.7 Å². The van der Waals surface area contributed by atoms with Crippen LogP contribution in [0.2, 0.25) is 0 Å². The lowest BCUT2D eigenvalue weighted by Crippen LogP contribution is -2.48. The molecule has 1 aromatic carbocycles. The van der Waals surface area contributed by atoms with E-state index in [-0.39, 0.29) is 23.5 Å². The smallest absolute Gasteiger partial charge is 0.303 e. The Morgan fingerprint density at radius 3 is 2.45 bits per heavy atom. The van der Waals surface area contributed by atoms with Gasteiger partial charge in [-0.3, -0.25) is 28.8 Å². The van der Waals surface area contributed by atoms with Crippen LogP contribution in [-0.2, 0) is 22.7 Å². The largest absolute Gasteiger partial charge is 0.481 e. The first kappa shape index (κ1) is 31.5. The molecule has 0 unspecified atom stereocenters. The Bertz CT molecular complexity index is 1460. The number of nitrogens with zero attached hydrogens (tertiary/aromatic N) is 5. The zero-order valence-corrected chi connectivity index (χ0v) is 25.8. The Hall–Kier alpha value is -3.46. The second-order valence-electron chi connectivity index (χ2n) is 10.6. The van der Waals surface area contributed by atoms with Gasteiger partial charge in [-0.05, 0) is 43.4 Å². The summed E-state index contributed by atoms with van der Waals surface area (Å²) < 4.78 is 2.16. The first-order valence-electron chi connectivity index (χ1n) is 14.4. The maximum Gasteiger partial charge on any atom is 0.303 e. The number of unbranched alkanes of at least 4 members (excludes halogenated alkanes) is 2. The molecule has 0 saturated carbocycles. The zero-order valence-electron chi connectivity index (χ0n) is 24.2. The third-order valence-electron chi connectivity index (χ3n) is 7.64. The summed E-state index contributed by atoms with van der Waals surface area (Å²) in [6.45, 7) is 8.57. The highest BCUT2D eigenvalue weighted by Gasteiger charge is 2.33. The van der Waals surface area contributed by atoms with E-state index in [0.29, 0.717) is 65.8 Å². The van der Waals surface area contributed by atoms with Gasteiger partial charge in [0.1, 0.15) is 21.8 Å². The number of piperazine rings is 1. The molecule has 42 heavy (non-hydrogen) atoms. The number of rotatable bonds is 12. The molecule has 9 nitrogen and oxygen atoms in total. The van der Waals surface area contributed by atoms with Crippen LogP contribution in [0.1, 0.15) is 61.3 Å². The molecule has 1 N–H and O–H groups in total. The van der Waals surface area contributed by atoms with Crippen molar-refractivity contribution in [2.45, 2.75) is 59.0 Å². The number of thiocarbonyl (C=S) groups is 1. The first-order chi connectivity index (χ1) is 20.2. The summed E-state index contributed by atoms with van der Waals surface area (Å²) in [5, 5.41) is 18.8. The Balaban J connectivity index is 1.63. The molecule has 222 valence electrons. The average molecular weight is 608 g/mol. The average Bonchev–Trinajstić information content (AvgIpc) is 3.24. The number of carbonyl (C=O) groups excluding carboxylic acids is 1. The molecule has 0 aliphatic carbocycles. The Kier molecular flexibility index (Phi) is 11.0. The topological polar surface area (TPSA) is 110 Å². The molecule has 2 saturated heterocycles. The van der Waals surface area contributed by atoms with Crippen LogP contribution in [0.25, 0.3) is 6.08 Å². The van der Waals surface area contributed by atoms with Gasteiger partial charge in [0.05, 0.1) is 4.91 Å². The fraction of sp³-hybridized carbons (Fsp3) is 0.452. The van der Waals surface area contributed by atoms with E-state index < -0.39 is 5.97 Å². The van der Waals surface area contributed by atoms with Gasteiger partial charge in [-0.2, -0.15) is 5.26 Å². The molecule has 1 aromatic heterocycles. The lowest BCUT2D eigenvalue weighted by molar-refractivity contribution is -0.137. The molecule has 4 rings (SSSR count). The summed E-state index contributed by atoms with van der Waals surface area (Å²) in [5.74, 6) is -0.280. The zero-order chi connectivity index (χ0) is 30.2. The number of pyridine rings is 1. The number of carboxylic acids is 1. The third-order valence-corrected chi connectivity index (χ3v) is 9.01. The van der Waals surface area contributed by atoms with Crippen LogP contribution in [0.15, 0.2) is 40.0 Å². The van der Waals surface area contributed by atoms with Crippen LogP contribution < -0.4 is 10.5 Å². The normalized spacial score (nSPS) is 16.8. The number of benzene rings is 1. The van der Waals surface area contributed by atoms with E-state index >= 15 is 0 Å². The SMILES string of the molecule is CCCn1c(N2CCN(Cc3ccccc3)CC2)c(C=C2SC(=S)N(CCCCCC(=O)O)C2=O)c(C)c(C#N)c1=O. The number of carboxylic acid groups (broad SMARTS) is 1. The molecule has 2 fully saturated rings. The summed E-state index contributed by atoms with van der Waals surface area (Å²) >= 11 is 6.76. The quantitative estimate of drug-likeness (QED) is 0.210. The summed E-state index contributed by atoms with van der Waals surface area (Å²) in [6, 6.07) is 12.5. The number of hydrogen-bond donors (Lipinski definition) is 1. The fourth-order valence-corrected chi connectivity index (χ4v) is 6.71. The van der Waals surface area contributed by atoms with Crippen molar-refractivity contribution in [2.75, 3.05) is 37.6 Å². The summed E-state index contributed by atoms with van der Waals surface area (Å²) in [6.07, 6.45) is 4.53. The first-order valence-corrected chi connectivity index (χ1v) is 15.6. The molecule has 0 atom stereocenters. The molecule has 0 radical (unpaired) electrons. The van der Waals surface area contributed by atoms with Crippen LogP contribution >= 0.6 is 24.0 Å². The summed E-state index contributed by atoms with van der Waals surface area (Å²) in [5.41, 5.74) is 2.32. The lowest BCUT2D eigenvalue weighted by atomic mass is 10.0. The molecule has 3 heterocycles. The van der Waals surface area contributed by atoms with Crippen molar-refractivity contribution in [3.63, 3.8) is 0 Å². The van der Waals surface area contributed by atoms with Gasteiger partial charge < -0.3 is 10.0 Å². The second-order valence-corrected chi connectivity index (χ2v) is 12.3. The van der Waals surface area contributed by atoms with Crippen LogP contribution in [-0.4, -0.2) is 68.4 Å². The van der Waals surface area contributed by atoms with Gasteiger partial charge in [0, 0.05) is 57.8 Å². The van der Waals surface area contributed by atoms with Gasteiger partial charge in [-0.15, -0.1) is 0 Å². The highest BCUT2D eigenvalue weighted by molar-refractivity contribution is 8.26. The van der Waals surface area contributed by atoms with Crippen LogP contribution in [0, 0.1) is 18.3 Å². The Morgan fingerprint density at radius 1 is 1.10 bits per heavy atom. The molecule has 0 bridgehead atoms. The third kappa shape index (κ3) is 7.30. The second kappa shape index (κ2) is 14.6. The molecule has 11 heteroatoms. The van der Waals surface area contributed by atoms with E-state index in [1.807, 2.05) is 25.1 Å². The summed E-state index contributed by atoms with van der Waals surface area (Å²) in [7, 11) is 0. The van der Waals surface area contributed by atoms with Gasteiger partial charge in [0.15, 0.2) is 0 Å². The number of nitriles is 1. The molecule has 1 amide bonds. The molecular weight excluding hydrogens is 571 g/mol. The van der Waals surface area contributed by atoms with E-state index in [4.69, 9.17) is 17.3 Å². The van der Waals surface area contributed by atoms with Crippen molar-refractivity contribution in [1.29, 1.82) is 5.26 Å². The van der Waals surface area contributed by atoms with Gasteiger partial charge in [0.25, 0.3) is 11.5 Å². The van der Waals surface area contributed by atoms with Crippen LogP contribution in [0.4, 0.5) is 5.82 Å². The molecule has 2 aliphatic rings. The van der Waals surface area contributed by atoms with Crippen molar-refractivity contribution in [3.8, 4) is 6.07 Å². The minimum absolute atomic E-state index is 0.0927. The highest BCUT2D eigenvalue weighted by atomic mass is 32.2. The minimum atomic E-state index is -0.825. The number of amides is 1. The van der Waals surface area contributed by atoms with Crippen molar-refractivity contribution in [3.05, 3.63) is 67.8 Å². The Morgan fingerprint density at radius 2 is 1.81 bits per heavy atom. The minimum Gasteiger partial charge on any atom is -0.481 e. The standard InChI is InChI=1S/C31H37N5O4S2/c1-3-13-35-28(34-17-15-33(16-18-34)21-23-10-6-4-7-11-23)24(22(2)25(20-32)29(35)39)19-26-30(40)36(31(41)42-26)14-9-5-8-12-27(37)38/h4,6-7,10-11,19H,3,5,8-9,12-18,21H2,1-2H3,(H,37,38). The number of hydrogen-bond acceptors (Lipinski definition) is 8. The lowest BCUT2D eigenvalue weighted by Gasteiger charge is -2.38. The van der Waals surface area contributed by atoms with Crippen molar-refractivity contribution in [2.24, 2.45) is 0 Å². The van der Waals surface area contributed by atoms with Crippen LogP contribution in [0.3, 0.4) is 0 Å². The number of aliphatic carboxylic acids is 1. The number of aromatic nitrogens is 1. The van der Waals surface area contributed by atoms with Gasteiger partial charge in [-0.25, -0.2) is 0 Å². The molecular formula is C31H37N5O4S2. The van der Waals surface area contributed by atoms with E-state index in [9.17, 15) is 19.6 Å². The van der Waals surface area contributed by atoms with E-state index in [2.05, 4.69) is 28.0 Å². The summed E-state index contributed by atoms with van der Waals surface area (Å²) in [4.78, 5) is 44.4.